The monoisotopic (exact) mass is 446 g/mol. The maximum absolute atomic E-state index is 13.8. The van der Waals surface area contributed by atoms with E-state index < -0.39 is 24.2 Å². The zero-order valence-corrected chi connectivity index (χ0v) is 17.6. The van der Waals surface area contributed by atoms with E-state index in [1.807, 2.05) is 19.2 Å². The molecule has 0 unspecified atom stereocenters. The van der Waals surface area contributed by atoms with E-state index in [1.165, 1.54) is 11.3 Å². The highest BCUT2D eigenvalue weighted by molar-refractivity contribution is 7.10. The molecule has 4 heterocycles. The molecule has 0 radical (unpaired) electrons. The maximum atomic E-state index is 13.8. The largest absolute Gasteiger partial charge is 0.410 e. The summed E-state index contributed by atoms with van der Waals surface area (Å²) in [5, 5.41) is 8.93. The van der Waals surface area contributed by atoms with Crippen molar-refractivity contribution in [2.45, 2.75) is 69.9 Å². The number of aromatic nitrogens is 2. The standard InChI is InChI=1S/C19H22ClF3N4OS/c1-10-5-3-6-11(2)26(10)18(28)16-15(20)17-24-12(13-7-4-8-29-13)9-14(19(21,22)23)27(17)25-16/h4,7-8,10-12,14,24H,3,5-6,9H2,1-2H3/t10-,11-,12+,14-/m0/s1. The molecule has 2 aliphatic heterocycles. The Kier molecular flexibility index (Phi) is 5.31. The first-order valence-corrected chi connectivity index (χ1v) is 10.9. The van der Waals surface area contributed by atoms with Crippen molar-refractivity contribution in [2.75, 3.05) is 5.32 Å². The number of alkyl halides is 3. The SMILES string of the molecule is C[C@H]1CCC[C@H](C)N1C(=O)c1nn2c(c1Cl)N[C@@H](c1cccs1)C[C@H]2C(F)(F)F. The first kappa shape index (κ1) is 20.5. The average molecular weight is 447 g/mol. The van der Waals surface area contributed by atoms with Gasteiger partial charge in [0.05, 0.1) is 6.04 Å². The van der Waals surface area contributed by atoms with Gasteiger partial charge in [0.15, 0.2) is 11.7 Å². The minimum atomic E-state index is -4.51. The highest BCUT2D eigenvalue weighted by Gasteiger charge is 2.48. The summed E-state index contributed by atoms with van der Waals surface area (Å²) >= 11 is 7.82. The minimum Gasteiger partial charge on any atom is -0.361 e. The molecule has 1 amide bonds. The number of hydrogen-bond acceptors (Lipinski definition) is 4. The lowest BCUT2D eigenvalue weighted by Crippen LogP contribution is -2.47. The van der Waals surface area contributed by atoms with Crippen molar-refractivity contribution in [1.29, 1.82) is 0 Å². The van der Waals surface area contributed by atoms with Crippen LogP contribution < -0.4 is 5.32 Å². The van der Waals surface area contributed by atoms with Gasteiger partial charge in [0.1, 0.15) is 10.8 Å². The van der Waals surface area contributed by atoms with Gasteiger partial charge in [-0.2, -0.15) is 18.3 Å². The van der Waals surface area contributed by atoms with Gasteiger partial charge in [0.2, 0.25) is 0 Å². The number of thiophene rings is 1. The van der Waals surface area contributed by atoms with E-state index in [9.17, 15) is 18.0 Å². The fourth-order valence-corrected chi connectivity index (χ4v) is 5.40. The summed E-state index contributed by atoms with van der Waals surface area (Å²) in [5.74, 6) is -0.355. The second kappa shape index (κ2) is 7.50. The van der Waals surface area contributed by atoms with Crippen LogP contribution in [0.2, 0.25) is 5.02 Å². The van der Waals surface area contributed by atoms with E-state index in [-0.39, 0.29) is 35.0 Å². The lowest BCUT2D eigenvalue weighted by Gasteiger charge is -2.38. The molecule has 2 aromatic rings. The smallest absolute Gasteiger partial charge is 0.361 e. The molecule has 10 heteroatoms. The summed E-state index contributed by atoms with van der Waals surface area (Å²) in [7, 11) is 0. The quantitative estimate of drug-likeness (QED) is 0.647. The number of likely N-dealkylation sites (tertiary alicyclic amines) is 1. The fraction of sp³-hybridized carbons (Fsp3) is 0.579. The van der Waals surface area contributed by atoms with E-state index in [2.05, 4.69) is 10.4 Å². The number of carbonyl (C=O) groups is 1. The molecule has 2 aromatic heterocycles. The lowest BCUT2D eigenvalue weighted by atomic mass is 9.97. The molecule has 0 bridgehead atoms. The van der Waals surface area contributed by atoms with Gasteiger partial charge in [-0.1, -0.05) is 17.7 Å². The first-order valence-electron chi connectivity index (χ1n) is 9.65. The van der Waals surface area contributed by atoms with Crippen LogP contribution in [0.3, 0.4) is 0 Å². The second-order valence-electron chi connectivity index (χ2n) is 7.80. The third-order valence-electron chi connectivity index (χ3n) is 5.81. The van der Waals surface area contributed by atoms with E-state index in [0.717, 1.165) is 28.8 Å². The lowest BCUT2D eigenvalue weighted by molar-refractivity contribution is -0.173. The zero-order valence-electron chi connectivity index (χ0n) is 16.0. The summed E-state index contributed by atoms with van der Waals surface area (Å²) in [6.45, 7) is 3.89. The molecule has 1 fully saturated rings. The van der Waals surface area contributed by atoms with Gasteiger partial charge in [-0.05, 0) is 44.6 Å². The molecule has 4 rings (SSSR count). The zero-order chi connectivity index (χ0) is 20.9. The highest BCUT2D eigenvalue weighted by atomic mass is 35.5. The average Bonchev–Trinajstić information content (AvgIpc) is 3.28. The van der Waals surface area contributed by atoms with Crippen molar-refractivity contribution in [1.82, 2.24) is 14.7 Å². The number of carbonyl (C=O) groups excluding carboxylic acids is 1. The Balaban J connectivity index is 1.74. The van der Waals surface area contributed by atoms with E-state index in [4.69, 9.17) is 11.6 Å². The predicted octanol–water partition coefficient (Wildman–Crippen LogP) is 5.66. The van der Waals surface area contributed by atoms with Gasteiger partial charge in [0.25, 0.3) is 5.91 Å². The Morgan fingerprint density at radius 3 is 2.59 bits per heavy atom. The summed E-state index contributed by atoms with van der Waals surface area (Å²) < 4.78 is 42.3. The number of rotatable bonds is 2. The Morgan fingerprint density at radius 2 is 2.00 bits per heavy atom. The molecule has 0 aromatic carbocycles. The van der Waals surface area contributed by atoms with Crippen LogP contribution in [0.25, 0.3) is 0 Å². The first-order chi connectivity index (χ1) is 13.7. The molecular formula is C19H22ClF3N4OS. The molecule has 158 valence electrons. The van der Waals surface area contributed by atoms with Crippen LogP contribution >= 0.6 is 22.9 Å². The van der Waals surface area contributed by atoms with E-state index >= 15 is 0 Å². The topological polar surface area (TPSA) is 50.2 Å². The maximum Gasteiger partial charge on any atom is 0.410 e. The fourth-order valence-electron chi connectivity index (χ4n) is 4.35. The van der Waals surface area contributed by atoms with Gasteiger partial charge in [0, 0.05) is 23.4 Å². The van der Waals surface area contributed by atoms with E-state index in [1.54, 1.807) is 17.0 Å². The normalized spacial score (nSPS) is 27.4. The van der Waals surface area contributed by atoms with Crippen LogP contribution in [-0.4, -0.2) is 38.8 Å². The molecule has 29 heavy (non-hydrogen) atoms. The molecular weight excluding hydrogens is 425 g/mol. The predicted molar refractivity (Wildman–Crippen MR) is 107 cm³/mol. The van der Waals surface area contributed by atoms with Crippen LogP contribution in [0.4, 0.5) is 19.0 Å². The van der Waals surface area contributed by atoms with Gasteiger partial charge < -0.3 is 10.2 Å². The van der Waals surface area contributed by atoms with Crippen molar-refractivity contribution in [3.63, 3.8) is 0 Å². The third kappa shape index (κ3) is 3.63. The number of amides is 1. The van der Waals surface area contributed by atoms with Gasteiger partial charge in [-0.15, -0.1) is 11.3 Å². The Bertz CT molecular complexity index is 888. The summed E-state index contributed by atoms with van der Waals surface area (Å²) in [5.41, 5.74) is -0.115. The number of nitrogens with zero attached hydrogens (tertiary/aromatic N) is 3. The van der Waals surface area contributed by atoms with Gasteiger partial charge in [-0.3, -0.25) is 4.79 Å². The van der Waals surface area contributed by atoms with Crippen molar-refractivity contribution in [3.8, 4) is 0 Å². The molecule has 1 N–H and O–H groups in total. The third-order valence-corrected chi connectivity index (χ3v) is 7.16. The van der Waals surface area contributed by atoms with Crippen molar-refractivity contribution < 1.29 is 18.0 Å². The Morgan fingerprint density at radius 1 is 1.31 bits per heavy atom. The number of halogens is 4. The minimum absolute atomic E-state index is 0.00807. The summed E-state index contributed by atoms with van der Waals surface area (Å²) in [6.07, 6.45) is -2.00. The number of anilines is 1. The van der Waals surface area contributed by atoms with Gasteiger partial charge >= 0.3 is 6.18 Å². The highest BCUT2D eigenvalue weighted by Crippen LogP contribution is 2.47. The molecule has 5 nitrogen and oxygen atoms in total. The second-order valence-corrected chi connectivity index (χ2v) is 9.16. The van der Waals surface area contributed by atoms with Crippen molar-refractivity contribution >= 4 is 34.7 Å². The van der Waals surface area contributed by atoms with Crippen LogP contribution in [0, 0.1) is 0 Å². The Hall–Kier alpha value is -1.74. The number of hydrogen-bond donors (Lipinski definition) is 1. The van der Waals surface area contributed by atoms with Crippen LogP contribution in [0.1, 0.15) is 67.0 Å². The van der Waals surface area contributed by atoms with Crippen LogP contribution in [-0.2, 0) is 0 Å². The molecule has 0 aliphatic carbocycles. The molecule has 4 atom stereocenters. The molecule has 2 aliphatic rings. The van der Waals surface area contributed by atoms with Crippen LogP contribution in [0.15, 0.2) is 17.5 Å². The Labute approximate surface area is 175 Å². The van der Waals surface area contributed by atoms with Crippen molar-refractivity contribution in [3.05, 3.63) is 33.1 Å². The number of fused-ring (bicyclic) bond motifs is 1. The molecule has 1 saturated heterocycles. The summed E-state index contributed by atoms with van der Waals surface area (Å²) in [6, 6.07) is 1.18. The summed E-state index contributed by atoms with van der Waals surface area (Å²) in [4.78, 5) is 15.7. The van der Waals surface area contributed by atoms with Crippen LogP contribution in [0.5, 0.6) is 0 Å². The molecule has 0 spiro atoms. The van der Waals surface area contributed by atoms with Gasteiger partial charge in [-0.25, -0.2) is 4.68 Å². The number of nitrogens with one attached hydrogen (secondary N) is 1. The molecule has 0 saturated carbocycles. The van der Waals surface area contributed by atoms with Crippen molar-refractivity contribution in [2.24, 2.45) is 0 Å². The number of piperidine rings is 1. The van der Waals surface area contributed by atoms with E-state index in [0.29, 0.717) is 0 Å².